The van der Waals surface area contributed by atoms with Gasteiger partial charge in [-0.25, -0.2) is 9.59 Å². The lowest BCUT2D eigenvalue weighted by molar-refractivity contribution is -0.140. The Morgan fingerprint density at radius 3 is 0.958 bits per heavy atom. The number of aliphatic carboxylic acids is 2. The molecule has 0 bridgehead atoms. The molecule has 6 aromatic carbocycles. The summed E-state index contributed by atoms with van der Waals surface area (Å²) in [5, 5.41) is 17.9. The molecule has 0 heterocycles. The Balaban J connectivity index is 1.25. The van der Waals surface area contributed by atoms with Crippen molar-refractivity contribution in [1.29, 1.82) is 0 Å². The van der Waals surface area contributed by atoms with Crippen LogP contribution < -0.4 is 19.3 Å². The summed E-state index contributed by atoms with van der Waals surface area (Å²) in [4.78, 5) is 26.1. The van der Waals surface area contributed by atoms with Gasteiger partial charge in [0.2, 0.25) is 0 Å². The Hall–Kier alpha value is -6.54. The van der Waals surface area contributed by atoms with Gasteiger partial charge in [-0.05, 0) is 108 Å². The van der Waals surface area contributed by atoms with Crippen LogP contribution in [0, 0.1) is 0 Å². The van der Waals surface area contributed by atoms with Crippen LogP contribution in [0.3, 0.4) is 0 Å². The summed E-state index contributed by atoms with van der Waals surface area (Å²) in [6.45, 7) is -0.791. The van der Waals surface area contributed by atoms with E-state index in [-0.39, 0.29) is 0 Å². The quantitative estimate of drug-likeness (QED) is 0.129. The van der Waals surface area contributed by atoms with E-state index in [0.717, 1.165) is 45.3 Å². The number of carbonyl (C=O) groups is 2. The molecule has 6 rings (SSSR count). The minimum Gasteiger partial charge on any atom is -0.482 e. The number of ether oxygens (including phenoxy) is 2. The first-order valence-electron chi connectivity index (χ1n) is 15.2. The smallest absolute Gasteiger partial charge is 0.341 e. The molecule has 0 spiro atoms. The molecule has 238 valence electrons. The molecule has 8 nitrogen and oxygen atoms in total. The van der Waals surface area contributed by atoms with Gasteiger partial charge in [-0.3, -0.25) is 0 Å². The van der Waals surface area contributed by atoms with Crippen molar-refractivity contribution < 1.29 is 29.3 Å². The second kappa shape index (κ2) is 14.7. The van der Waals surface area contributed by atoms with Gasteiger partial charge in [0, 0.05) is 34.1 Å². The number of carboxylic acid groups (broad SMARTS) is 2. The Kier molecular flexibility index (Phi) is 9.63. The van der Waals surface area contributed by atoms with Gasteiger partial charge in [-0.1, -0.05) is 60.7 Å². The summed E-state index contributed by atoms with van der Waals surface area (Å²) >= 11 is 0. The van der Waals surface area contributed by atoms with Crippen molar-refractivity contribution in [2.75, 3.05) is 23.0 Å². The highest BCUT2D eigenvalue weighted by Crippen LogP contribution is 2.38. The zero-order valence-corrected chi connectivity index (χ0v) is 25.8. The van der Waals surface area contributed by atoms with Gasteiger partial charge in [0.1, 0.15) is 11.5 Å². The molecule has 0 aliphatic carbocycles. The Morgan fingerprint density at radius 2 is 0.667 bits per heavy atom. The SMILES string of the molecule is O=C(O)COc1ccc(N(c2ccccc2)c2ccc(-c3ccc(N(c4ccccc4)c4ccc(OCC(=O)O)cc4)cc3)cc2)cc1. The van der Waals surface area contributed by atoms with E-state index >= 15 is 0 Å². The molecule has 0 saturated heterocycles. The molecule has 0 unspecified atom stereocenters. The van der Waals surface area contributed by atoms with E-state index in [4.69, 9.17) is 19.7 Å². The van der Waals surface area contributed by atoms with Crippen molar-refractivity contribution >= 4 is 46.1 Å². The molecule has 0 aliphatic rings. The molecule has 0 atom stereocenters. The summed E-state index contributed by atoms with van der Waals surface area (Å²) in [5.74, 6) is -1.07. The minimum atomic E-state index is -1.02. The first-order chi connectivity index (χ1) is 23.4. The van der Waals surface area contributed by atoms with Gasteiger partial charge in [-0.15, -0.1) is 0 Å². The third-order valence-electron chi connectivity index (χ3n) is 7.53. The maximum Gasteiger partial charge on any atom is 0.341 e. The monoisotopic (exact) mass is 636 g/mol. The van der Waals surface area contributed by atoms with Crippen LogP contribution in [0.5, 0.6) is 11.5 Å². The number of carboxylic acids is 2. The predicted octanol–water partition coefficient (Wildman–Crippen LogP) is 9.22. The van der Waals surface area contributed by atoms with E-state index in [2.05, 4.69) is 58.3 Å². The number of hydrogen-bond donors (Lipinski definition) is 2. The largest absolute Gasteiger partial charge is 0.482 e. The summed E-state index contributed by atoms with van der Waals surface area (Å²) in [6, 6.07) is 51.5. The molecule has 0 radical (unpaired) electrons. The number of nitrogens with zero attached hydrogens (tertiary/aromatic N) is 2. The molecule has 0 fully saturated rings. The van der Waals surface area contributed by atoms with Gasteiger partial charge < -0.3 is 29.5 Å². The standard InChI is InChI=1S/C40H32N2O6/c43-39(44)27-47-37-23-19-35(20-24-37)41(31-7-3-1-4-8-31)33-15-11-29(12-16-33)30-13-17-34(18-14-30)42(32-9-5-2-6-10-32)36-21-25-38(26-22-36)48-28-40(45)46/h1-26H,27-28H2,(H,43,44)(H,45,46). The molecule has 0 aliphatic heterocycles. The molecule has 0 amide bonds. The van der Waals surface area contributed by atoms with Crippen molar-refractivity contribution in [2.24, 2.45) is 0 Å². The topological polar surface area (TPSA) is 99.5 Å². The fraction of sp³-hybridized carbons (Fsp3) is 0.0500. The molecule has 0 saturated carbocycles. The number of para-hydroxylation sites is 2. The van der Waals surface area contributed by atoms with Crippen molar-refractivity contribution in [3.05, 3.63) is 158 Å². The van der Waals surface area contributed by atoms with Gasteiger partial charge in [0.15, 0.2) is 13.2 Å². The predicted molar refractivity (Wildman–Crippen MR) is 188 cm³/mol. The van der Waals surface area contributed by atoms with Crippen LogP contribution in [0.1, 0.15) is 0 Å². The van der Waals surface area contributed by atoms with Crippen LogP contribution in [0.15, 0.2) is 158 Å². The van der Waals surface area contributed by atoms with E-state index in [1.807, 2.05) is 84.9 Å². The second-order valence-electron chi connectivity index (χ2n) is 10.8. The number of anilines is 6. The third-order valence-corrected chi connectivity index (χ3v) is 7.53. The second-order valence-corrected chi connectivity index (χ2v) is 10.8. The van der Waals surface area contributed by atoms with E-state index in [1.54, 1.807) is 24.3 Å². The highest BCUT2D eigenvalue weighted by atomic mass is 16.5. The van der Waals surface area contributed by atoms with Gasteiger partial charge in [0.25, 0.3) is 0 Å². The van der Waals surface area contributed by atoms with E-state index in [0.29, 0.717) is 11.5 Å². The van der Waals surface area contributed by atoms with Crippen LogP contribution in [-0.2, 0) is 9.59 Å². The van der Waals surface area contributed by atoms with Crippen molar-refractivity contribution in [3.63, 3.8) is 0 Å². The van der Waals surface area contributed by atoms with Crippen LogP contribution in [0.4, 0.5) is 34.1 Å². The fourth-order valence-electron chi connectivity index (χ4n) is 5.33. The van der Waals surface area contributed by atoms with Gasteiger partial charge in [-0.2, -0.15) is 0 Å². The normalized spacial score (nSPS) is 10.6. The van der Waals surface area contributed by atoms with E-state index < -0.39 is 25.2 Å². The number of hydrogen-bond acceptors (Lipinski definition) is 6. The van der Waals surface area contributed by atoms with E-state index in [9.17, 15) is 9.59 Å². The fourth-order valence-corrected chi connectivity index (χ4v) is 5.33. The molecular weight excluding hydrogens is 604 g/mol. The van der Waals surface area contributed by atoms with Crippen LogP contribution >= 0.6 is 0 Å². The Labute approximate surface area is 278 Å². The van der Waals surface area contributed by atoms with Crippen LogP contribution in [0.2, 0.25) is 0 Å². The summed E-state index contributed by atoms with van der Waals surface area (Å²) < 4.78 is 10.7. The molecule has 8 heteroatoms. The van der Waals surface area contributed by atoms with Crippen LogP contribution in [0.25, 0.3) is 11.1 Å². The average Bonchev–Trinajstić information content (AvgIpc) is 3.13. The van der Waals surface area contributed by atoms with Crippen molar-refractivity contribution in [2.45, 2.75) is 0 Å². The number of benzene rings is 6. The first kappa shape index (κ1) is 31.4. The molecule has 6 aromatic rings. The zero-order valence-electron chi connectivity index (χ0n) is 25.8. The average molecular weight is 637 g/mol. The van der Waals surface area contributed by atoms with Crippen molar-refractivity contribution in [1.82, 2.24) is 0 Å². The van der Waals surface area contributed by atoms with Crippen molar-refractivity contribution in [3.8, 4) is 22.6 Å². The van der Waals surface area contributed by atoms with E-state index in [1.165, 1.54) is 0 Å². The van der Waals surface area contributed by atoms with Crippen LogP contribution in [-0.4, -0.2) is 35.4 Å². The molecule has 0 aromatic heterocycles. The summed E-state index contributed by atoms with van der Waals surface area (Å²) in [7, 11) is 0. The lowest BCUT2D eigenvalue weighted by Gasteiger charge is -2.26. The van der Waals surface area contributed by atoms with Gasteiger partial charge in [0.05, 0.1) is 0 Å². The lowest BCUT2D eigenvalue weighted by atomic mass is 10.0. The third kappa shape index (κ3) is 7.63. The first-order valence-corrected chi connectivity index (χ1v) is 15.2. The highest BCUT2D eigenvalue weighted by Gasteiger charge is 2.15. The molecule has 48 heavy (non-hydrogen) atoms. The van der Waals surface area contributed by atoms with Gasteiger partial charge >= 0.3 is 11.9 Å². The Bertz CT molecular complexity index is 1800. The highest BCUT2D eigenvalue weighted by molar-refractivity contribution is 5.81. The number of rotatable bonds is 13. The summed E-state index contributed by atoms with van der Waals surface area (Å²) in [5.41, 5.74) is 7.82. The maximum atomic E-state index is 10.9. The zero-order chi connectivity index (χ0) is 33.3. The minimum absolute atomic E-state index is 0.396. The lowest BCUT2D eigenvalue weighted by Crippen LogP contribution is -2.11. The molecular formula is C40H32N2O6. The molecule has 2 N–H and O–H groups in total. The summed E-state index contributed by atoms with van der Waals surface area (Å²) in [6.07, 6.45) is 0. The maximum absolute atomic E-state index is 10.9. The Morgan fingerprint density at radius 1 is 0.396 bits per heavy atom.